The minimum absolute atomic E-state index is 0.0668. The Hall–Kier alpha value is -3.36. The maximum absolute atomic E-state index is 14.8. The van der Waals surface area contributed by atoms with Gasteiger partial charge in [0.1, 0.15) is 29.5 Å². The van der Waals surface area contributed by atoms with Crippen LogP contribution in [0.1, 0.15) is 54.5 Å². The molecule has 0 aliphatic carbocycles. The highest BCUT2D eigenvalue weighted by Gasteiger charge is 2.29. The maximum Gasteiger partial charge on any atom is 0.141 e. The molecule has 210 valence electrons. The number of anilines is 1. The quantitative estimate of drug-likeness (QED) is 0.194. The van der Waals surface area contributed by atoms with Crippen LogP contribution in [0.5, 0.6) is 0 Å². The molecule has 4 N–H and O–H groups in total. The Bertz CT molecular complexity index is 1540. The number of nitrogen functional groups attached to an aromatic ring is 1. The number of thiophene rings is 1. The second-order valence-corrected chi connectivity index (χ2v) is 11.7. The molecule has 1 saturated heterocycles. The molecule has 1 aromatic heterocycles. The Morgan fingerprint density at radius 2 is 2.17 bits per heavy atom. The van der Waals surface area contributed by atoms with E-state index in [1.807, 2.05) is 6.92 Å². The number of benzene rings is 2. The maximum atomic E-state index is 14.8. The summed E-state index contributed by atoms with van der Waals surface area (Å²) >= 11 is 1.10. The van der Waals surface area contributed by atoms with Crippen LogP contribution in [-0.4, -0.2) is 55.5 Å². The van der Waals surface area contributed by atoms with Gasteiger partial charge < -0.3 is 30.8 Å². The van der Waals surface area contributed by atoms with Crippen LogP contribution in [0.15, 0.2) is 23.2 Å². The van der Waals surface area contributed by atoms with Gasteiger partial charge in [-0.25, -0.2) is 4.39 Å². The van der Waals surface area contributed by atoms with E-state index in [4.69, 9.17) is 25.6 Å². The summed E-state index contributed by atoms with van der Waals surface area (Å²) in [5.41, 5.74) is 12.4. The van der Waals surface area contributed by atoms with Gasteiger partial charge in [0.25, 0.3) is 0 Å². The SMILES string of the molecule is CC(=N)CN=C(NCOC(C)C1CCCN1C)c1cc(C)c(-c2ccc(F)c3sc(N)c(C#N)c23)c2c1COC2. The highest BCUT2D eigenvalue weighted by molar-refractivity contribution is 7.23. The lowest BCUT2D eigenvalue weighted by atomic mass is 9.87. The lowest BCUT2D eigenvalue weighted by Crippen LogP contribution is -2.39. The molecule has 3 aromatic rings. The van der Waals surface area contributed by atoms with E-state index in [2.05, 4.69) is 36.3 Å². The summed E-state index contributed by atoms with van der Waals surface area (Å²) in [5.74, 6) is 0.259. The first-order valence-corrected chi connectivity index (χ1v) is 14.3. The van der Waals surface area contributed by atoms with Gasteiger partial charge >= 0.3 is 0 Å². The molecule has 0 bridgehead atoms. The summed E-state index contributed by atoms with van der Waals surface area (Å²) in [6.07, 6.45) is 2.37. The van der Waals surface area contributed by atoms with Crippen molar-refractivity contribution in [3.8, 4) is 17.2 Å². The number of likely N-dealkylation sites (N-methyl/N-ethyl adjacent to an activating group) is 1. The molecule has 0 radical (unpaired) electrons. The van der Waals surface area contributed by atoms with Crippen molar-refractivity contribution in [2.45, 2.75) is 59.0 Å². The molecule has 2 aromatic carbocycles. The number of halogens is 1. The molecule has 0 saturated carbocycles. The molecule has 0 spiro atoms. The number of amidine groups is 1. The number of nitriles is 1. The van der Waals surface area contributed by atoms with Gasteiger partial charge in [0.2, 0.25) is 0 Å². The lowest BCUT2D eigenvalue weighted by molar-refractivity contribution is 0.0131. The van der Waals surface area contributed by atoms with Crippen molar-refractivity contribution < 1.29 is 13.9 Å². The molecule has 2 aliphatic rings. The number of nitrogens with zero attached hydrogens (tertiary/aromatic N) is 3. The molecule has 8 nitrogen and oxygen atoms in total. The molecule has 1 fully saturated rings. The van der Waals surface area contributed by atoms with Crippen molar-refractivity contribution in [3.05, 3.63) is 51.8 Å². The van der Waals surface area contributed by atoms with Gasteiger partial charge in [-0.05, 0) is 87.2 Å². The first kappa shape index (κ1) is 28.2. The second-order valence-electron chi connectivity index (χ2n) is 10.6. The van der Waals surface area contributed by atoms with E-state index >= 15 is 0 Å². The Kier molecular flexibility index (Phi) is 8.19. The van der Waals surface area contributed by atoms with Crippen molar-refractivity contribution in [2.75, 3.05) is 32.6 Å². The average molecular weight is 563 g/mol. The molecule has 40 heavy (non-hydrogen) atoms. The fourth-order valence-electron chi connectivity index (χ4n) is 5.92. The predicted octanol–water partition coefficient (Wildman–Crippen LogP) is 5.33. The number of nitrogens with one attached hydrogen (secondary N) is 2. The first-order chi connectivity index (χ1) is 19.2. The first-order valence-electron chi connectivity index (χ1n) is 13.5. The zero-order chi connectivity index (χ0) is 28.6. The Balaban J connectivity index is 1.54. The summed E-state index contributed by atoms with van der Waals surface area (Å²) in [6.45, 7) is 8.26. The van der Waals surface area contributed by atoms with Gasteiger partial charge in [-0.1, -0.05) is 6.07 Å². The standard InChI is InChI=1S/C30H35FN6O2S/c1-16-10-20(30(35-12-17(2)33)36-15-39-18(3)25-6-5-9-37(25)4)22-13-38-14-23(22)26(16)19-7-8-24(31)28-27(19)21(11-32)29(34)40-28/h7-8,10,18,25,33H,5-6,9,12-15,34H2,1-4H3,(H,35,36). The van der Waals surface area contributed by atoms with Gasteiger partial charge in [0, 0.05) is 22.7 Å². The summed E-state index contributed by atoms with van der Waals surface area (Å²) in [6, 6.07) is 7.79. The summed E-state index contributed by atoms with van der Waals surface area (Å²) in [5, 5.41) is 22.0. The largest absolute Gasteiger partial charge is 0.389 e. The predicted molar refractivity (Wildman–Crippen MR) is 159 cm³/mol. The van der Waals surface area contributed by atoms with Gasteiger partial charge in [-0.3, -0.25) is 4.99 Å². The summed E-state index contributed by atoms with van der Waals surface area (Å²) in [4.78, 5) is 7.09. The van der Waals surface area contributed by atoms with Crippen molar-refractivity contribution in [2.24, 2.45) is 4.99 Å². The van der Waals surface area contributed by atoms with E-state index in [0.29, 0.717) is 51.5 Å². The molecular weight excluding hydrogens is 527 g/mol. The number of aliphatic imine (C=N–C) groups is 1. The zero-order valence-electron chi connectivity index (χ0n) is 23.4. The third-order valence-electron chi connectivity index (χ3n) is 7.87. The highest BCUT2D eigenvalue weighted by Crippen LogP contribution is 2.45. The van der Waals surface area contributed by atoms with Gasteiger partial charge in [-0.2, -0.15) is 5.26 Å². The monoisotopic (exact) mass is 562 g/mol. The number of fused-ring (bicyclic) bond motifs is 2. The van der Waals surface area contributed by atoms with E-state index in [0.717, 1.165) is 57.7 Å². The van der Waals surface area contributed by atoms with Crippen molar-refractivity contribution in [1.82, 2.24) is 10.2 Å². The van der Waals surface area contributed by atoms with Crippen LogP contribution in [0, 0.1) is 29.5 Å². The molecule has 2 aliphatic heterocycles. The van der Waals surface area contributed by atoms with E-state index in [9.17, 15) is 9.65 Å². The van der Waals surface area contributed by atoms with E-state index < -0.39 is 5.82 Å². The van der Waals surface area contributed by atoms with Crippen LogP contribution in [-0.2, 0) is 22.7 Å². The minimum Gasteiger partial charge on any atom is -0.389 e. The van der Waals surface area contributed by atoms with Gasteiger partial charge in [-0.15, -0.1) is 11.3 Å². The zero-order valence-corrected chi connectivity index (χ0v) is 24.2. The average Bonchev–Trinajstić information content (AvgIpc) is 3.65. The number of hydrogen-bond donors (Lipinski definition) is 3. The van der Waals surface area contributed by atoms with Crippen LogP contribution in [0.3, 0.4) is 0 Å². The molecule has 10 heteroatoms. The number of nitrogens with two attached hydrogens (primary N) is 1. The Morgan fingerprint density at radius 3 is 2.88 bits per heavy atom. The molecule has 5 rings (SSSR count). The molecule has 2 unspecified atom stereocenters. The summed E-state index contributed by atoms with van der Waals surface area (Å²) in [7, 11) is 2.14. The molecule has 3 heterocycles. The van der Waals surface area contributed by atoms with Gasteiger partial charge in [0.15, 0.2) is 0 Å². The topological polar surface area (TPSA) is 120 Å². The molecular formula is C30H35FN6O2S. The van der Waals surface area contributed by atoms with Gasteiger partial charge in [0.05, 0.1) is 36.1 Å². The number of rotatable bonds is 8. The normalized spacial score (nSPS) is 18.2. The van der Waals surface area contributed by atoms with Crippen LogP contribution in [0.25, 0.3) is 21.2 Å². The fourth-order valence-corrected chi connectivity index (χ4v) is 6.87. The smallest absolute Gasteiger partial charge is 0.141 e. The number of ether oxygens (including phenoxy) is 2. The van der Waals surface area contributed by atoms with E-state index in [1.54, 1.807) is 13.0 Å². The fraction of sp³-hybridized carbons (Fsp3) is 0.433. The van der Waals surface area contributed by atoms with E-state index in [1.165, 1.54) is 12.5 Å². The number of aryl methyl sites for hydroxylation is 1. The highest BCUT2D eigenvalue weighted by atomic mass is 32.1. The minimum atomic E-state index is -0.391. The van der Waals surface area contributed by atoms with Crippen molar-refractivity contribution >= 4 is 38.0 Å². The van der Waals surface area contributed by atoms with E-state index in [-0.39, 0.29) is 19.4 Å². The summed E-state index contributed by atoms with van der Waals surface area (Å²) < 4.78 is 27.3. The third kappa shape index (κ3) is 5.22. The molecule has 0 amide bonds. The lowest BCUT2D eigenvalue weighted by Gasteiger charge is -2.26. The van der Waals surface area contributed by atoms with Crippen LogP contribution < -0.4 is 11.1 Å². The molecule has 2 atom stereocenters. The number of hydrogen-bond acceptors (Lipinski definition) is 8. The van der Waals surface area contributed by atoms with Crippen LogP contribution in [0.4, 0.5) is 9.39 Å². The second kappa shape index (κ2) is 11.6. The van der Waals surface area contributed by atoms with Crippen LogP contribution in [0.2, 0.25) is 0 Å². The van der Waals surface area contributed by atoms with Crippen LogP contribution >= 0.6 is 11.3 Å². The van der Waals surface area contributed by atoms with Crippen molar-refractivity contribution in [1.29, 1.82) is 10.7 Å². The Morgan fingerprint density at radius 1 is 1.40 bits per heavy atom. The van der Waals surface area contributed by atoms with Crippen molar-refractivity contribution in [3.63, 3.8) is 0 Å². The Labute approximate surface area is 238 Å². The third-order valence-corrected chi connectivity index (χ3v) is 8.90. The number of likely N-dealkylation sites (tertiary alicyclic amines) is 1.